The molecule has 0 radical (unpaired) electrons. The average Bonchev–Trinajstić information content (AvgIpc) is 3.35. The fourth-order valence-electron chi connectivity index (χ4n) is 3.55. The normalized spacial score (nSPS) is 11.2. The van der Waals surface area contributed by atoms with Gasteiger partial charge in [0, 0.05) is 29.2 Å². The van der Waals surface area contributed by atoms with Gasteiger partial charge in [0.25, 0.3) is 5.91 Å². The van der Waals surface area contributed by atoms with Gasteiger partial charge in [-0.15, -0.1) is 11.3 Å². The number of aryl methyl sites for hydroxylation is 2. The van der Waals surface area contributed by atoms with Crippen molar-refractivity contribution in [3.05, 3.63) is 58.6 Å². The maximum absolute atomic E-state index is 13.3. The summed E-state index contributed by atoms with van der Waals surface area (Å²) in [5.74, 6) is -0.371. The average molecular weight is 448 g/mol. The molecule has 4 aromatic rings. The van der Waals surface area contributed by atoms with Crippen molar-refractivity contribution >= 4 is 45.6 Å². The molecular formula is C24H25N5O2S. The molecule has 32 heavy (non-hydrogen) atoms. The van der Waals surface area contributed by atoms with E-state index in [-0.39, 0.29) is 17.9 Å². The number of carbonyl (C=O) groups is 2. The topological polar surface area (TPSA) is 88.9 Å². The number of fused-ring (bicyclic) bond motifs is 1. The molecule has 0 aliphatic heterocycles. The molecule has 3 heterocycles. The third-order valence-electron chi connectivity index (χ3n) is 5.09. The Balaban J connectivity index is 1.75. The van der Waals surface area contributed by atoms with Crippen molar-refractivity contribution in [2.75, 3.05) is 10.6 Å². The SMILES string of the molecule is CC(=O)Nc1ccc(NC(=O)c2cc(-c3ccc(C)s3)nc3c2cnn3C(C)C)cc1C. The summed E-state index contributed by atoms with van der Waals surface area (Å²) in [4.78, 5) is 31.7. The van der Waals surface area contributed by atoms with E-state index in [2.05, 4.69) is 15.7 Å². The van der Waals surface area contributed by atoms with Crippen LogP contribution in [0.15, 0.2) is 42.6 Å². The van der Waals surface area contributed by atoms with Crippen LogP contribution >= 0.6 is 11.3 Å². The summed E-state index contributed by atoms with van der Waals surface area (Å²) in [5, 5.41) is 10.9. The molecule has 4 rings (SSSR count). The van der Waals surface area contributed by atoms with Crippen molar-refractivity contribution in [3.8, 4) is 10.6 Å². The van der Waals surface area contributed by atoms with Crippen LogP contribution in [-0.2, 0) is 4.79 Å². The minimum atomic E-state index is -0.234. The predicted octanol–water partition coefficient (Wildman–Crippen LogP) is 5.57. The molecule has 2 amide bonds. The summed E-state index contributed by atoms with van der Waals surface area (Å²) < 4.78 is 1.84. The summed E-state index contributed by atoms with van der Waals surface area (Å²) in [7, 11) is 0. The van der Waals surface area contributed by atoms with Crippen molar-refractivity contribution in [2.24, 2.45) is 0 Å². The number of benzene rings is 1. The molecule has 3 aromatic heterocycles. The van der Waals surface area contributed by atoms with Crippen LogP contribution in [0.3, 0.4) is 0 Å². The van der Waals surface area contributed by atoms with Gasteiger partial charge in [-0.1, -0.05) is 0 Å². The molecule has 164 valence electrons. The molecule has 0 bridgehead atoms. The van der Waals surface area contributed by atoms with Gasteiger partial charge in [-0.05, 0) is 69.7 Å². The monoisotopic (exact) mass is 447 g/mol. The lowest BCUT2D eigenvalue weighted by Gasteiger charge is -2.12. The molecule has 0 spiro atoms. The number of amides is 2. The van der Waals surface area contributed by atoms with E-state index in [0.717, 1.165) is 21.8 Å². The number of anilines is 2. The number of pyridine rings is 1. The molecule has 7 nitrogen and oxygen atoms in total. The molecule has 1 aromatic carbocycles. The minimum absolute atomic E-state index is 0.111. The number of thiophene rings is 1. The Hall–Kier alpha value is -3.52. The second-order valence-electron chi connectivity index (χ2n) is 8.05. The van der Waals surface area contributed by atoms with Crippen molar-refractivity contribution in [3.63, 3.8) is 0 Å². The highest BCUT2D eigenvalue weighted by Crippen LogP contribution is 2.31. The van der Waals surface area contributed by atoms with Gasteiger partial charge in [0.15, 0.2) is 5.65 Å². The quantitative estimate of drug-likeness (QED) is 0.419. The van der Waals surface area contributed by atoms with Crippen LogP contribution in [0.5, 0.6) is 0 Å². The van der Waals surface area contributed by atoms with Gasteiger partial charge in [0.05, 0.1) is 27.7 Å². The Morgan fingerprint density at radius 1 is 1.06 bits per heavy atom. The molecule has 0 saturated heterocycles. The van der Waals surface area contributed by atoms with Crippen LogP contribution in [0.25, 0.3) is 21.6 Å². The molecule has 0 atom stereocenters. The van der Waals surface area contributed by atoms with E-state index in [4.69, 9.17) is 4.98 Å². The molecule has 8 heteroatoms. The Labute approximate surface area is 190 Å². The molecular weight excluding hydrogens is 422 g/mol. The minimum Gasteiger partial charge on any atom is -0.326 e. The summed E-state index contributed by atoms with van der Waals surface area (Å²) >= 11 is 1.64. The van der Waals surface area contributed by atoms with Crippen LogP contribution in [0.1, 0.15) is 47.6 Å². The van der Waals surface area contributed by atoms with Crippen molar-refractivity contribution < 1.29 is 9.59 Å². The van der Waals surface area contributed by atoms with E-state index in [1.54, 1.807) is 29.7 Å². The summed E-state index contributed by atoms with van der Waals surface area (Å²) in [5.41, 5.74) is 4.18. The molecule has 0 aliphatic rings. The number of aromatic nitrogens is 3. The Morgan fingerprint density at radius 3 is 2.47 bits per heavy atom. The first-order chi connectivity index (χ1) is 15.2. The largest absolute Gasteiger partial charge is 0.326 e. The number of hydrogen-bond acceptors (Lipinski definition) is 5. The van der Waals surface area contributed by atoms with Crippen molar-refractivity contribution in [1.29, 1.82) is 0 Å². The van der Waals surface area contributed by atoms with Crippen molar-refractivity contribution in [1.82, 2.24) is 14.8 Å². The van der Waals surface area contributed by atoms with Gasteiger partial charge in [0.1, 0.15) is 0 Å². The van der Waals surface area contributed by atoms with Crippen molar-refractivity contribution in [2.45, 2.75) is 40.7 Å². The van der Waals surface area contributed by atoms with Gasteiger partial charge in [0.2, 0.25) is 5.91 Å². The lowest BCUT2D eigenvalue weighted by molar-refractivity contribution is -0.114. The third-order valence-corrected chi connectivity index (χ3v) is 6.11. The van der Waals surface area contributed by atoms with Gasteiger partial charge in [-0.3, -0.25) is 9.59 Å². The number of hydrogen-bond donors (Lipinski definition) is 2. The number of carbonyl (C=O) groups excluding carboxylic acids is 2. The number of rotatable bonds is 5. The molecule has 0 unspecified atom stereocenters. The van der Waals surface area contributed by atoms with Gasteiger partial charge in [-0.25, -0.2) is 9.67 Å². The Kier molecular flexibility index (Phi) is 5.80. The van der Waals surface area contributed by atoms with Crippen LogP contribution in [0, 0.1) is 13.8 Å². The van der Waals surface area contributed by atoms with E-state index < -0.39 is 0 Å². The van der Waals surface area contributed by atoms with Crippen LogP contribution in [0.4, 0.5) is 11.4 Å². The Morgan fingerprint density at radius 2 is 1.84 bits per heavy atom. The highest BCUT2D eigenvalue weighted by atomic mass is 32.1. The number of nitrogens with zero attached hydrogens (tertiary/aromatic N) is 3. The Bertz CT molecular complexity index is 1340. The molecule has 2 N–H and O–H groups in total. The zero-order chi connectivity index (χ0) is 23.0. The second kappa shape index (κ2) is 8.55. The van der Waals surface area contributed by atoms with E-state index in [1.807, 2.05) is 56.6 Å². The first-order valence-corrected chi connectivity index (χ1v) is 11.2. The summed E-state index contributed by atoms with van der Waals surface area (Å²) in [6.45, 7) is 9.47. The summed E-state index contributed by atoms with van der Waals surface area (Å²) in [6, 6.07) is 11.4. The van der Waals surface area contributed by atoms with Crippen LogP contribution in [0.2, 0.25) is 0 Å². The smallest absolute Gasteiger partial charge is 0.256 e. The predicted molar refractivity (Wildman–Crippen MR) is 129 cm³/mol. The van der Waals surface area contributed by atoms with E-state index in [1.165, 1.54) is 11.8 Å². The maximum Gasteiger partial charge on any atom is 0.256 e. The fourth-order valence-corrected chi connectivity index (χ4v) is 4.38. The van der Waals surface area contributed by atoms with Gasteiger partial charge < -0.3 is 10.6 Å². The molecule has 0 fully saturated rings. The maximum atomic E-state index is 13.3. The van der Waals surface area contributed by atoms with E-state index in [9.17, 15) is 9.59 Å². The van der Waals surface area contributed by atoms with Crippen LogP contribution < -0.4 is 10.6 Å². The lowest BCUT2D eigenvalue weighted by Crippen LogP contribution is -2.14. The molecule has 0 aliphatic carbocycles. The first-order valence-electron chi connectivity index (χ1n) is 10.4. The lowest BCUT2D eigenvalue weighted by atomic mass is 10.1. The fraction of sp³-hybridized carbons (Fsp3) is 0.250. The summed E-state index contributed by atoms with van der Waals surface area (Å²) in [6.07, 6.45) is 1.70. The number of nitrogens with one attached hydrogen (secondary N) is 2. The molecule has 0 saturated carbocycles. The van der Waals surface area contributed by atoms with Crippen LogP contribution in [-0.4, -0.2) is 26.6 Å². The third kappa shape index (κ3) is 4.27. The first kappa shape index (κ1) is 21.7. The zero-order valence-electron chi connectivity index (χ0n) is 18.7. The van der Waals surface area contributed by atoms with Gasteiger partial charge >= 0.3 is 0 Å². The second-order valence-corrected chi connectivity index (χ2v) is 9.34. The zero-order valence-corrected chi connectivity index (χ0v) is 19.5. The highest BCUT2D eigenvalue weighted by molar-refractivity contribution is 7.15. The highest BCUT2D eigenvalue weighted by Gasteiger charge is 2.19. The van der Waals surface area contributed by atoms with Gasteiger partial charge in [-0.2, -0.15) is 5.10 Å². The standard InChI is InChI=1S/C24H25N5O2S/c1-13(2)29-23-19(12-25-29)18(11-21(28-23)22-9-6-15(4)32-22)24(31)27-17-7-8-20(14(3)10-17)26-16(5)30/h6-13H,1-5H3,(H,26,30)(H,27,31). The van der Waals surface area contributed by atoms with E-state index in [0.29, 0.717) is 22.3 Å². The van der Waals surface area contributed by atoms with E-state index >= 15 is 0 Å².